The van der Waals surface area contributed by atoms with Crippen molar-refractivity contribution in [3.63, 3.8) is 0 Å². The molecule has 1 atom stereocenters. The summed E-state index contributed by atoms with van der Waals surface area (Å²) in [7, 11) is 1.57. The number of benzene rings is 1. The fourth-order valence-electron chi connectivity index (χ4n) is 4.99. The second-order valence-corrected chi connectivity index (χ2v) is 11.6. The van der Waals surface area contributed by atoms with Crippen molar-refractivity contribution in [1.82, 2.24) is 14.8 Å². The highest BCUT2D eigenvalue weighted by Gasteiger charge is 2.44. The number of nitrogens with zero attached hydrogens (tertiary/aromatic N) is 3. The summed E-state index contributed by atoms with van der Waals surface area (Å²) in [4.78, 5) is 35.9. The van der Waals surface area contributed by atoms with E-state index in [1.54, 1.807) is 25.0 Å². The average Bonchev–Trinajstić information content (AvgIpc) is 3.39. The molecule has 0 radical (unpaired) electrons. The van der Waals surface area contributed by atoms with Gasteiger partial charge in [0.2, 0.25) is 5.78 Å². The van der Waals surface area contributed by atoms with Gasteiger partial charge in [0.25, 0.3) is 5.91 Å². The Kier molecular flexibility index (Phi) is 9.63. The number of thiazole rings is 1. The van der Waals surface area contributed by atoms with Crippen LogP contribution in [0.2, 0.25) is 0 Å². The number of aryl methyl sites for hydroxylation is 2. The fraction of sp³-hybridized carbons (Fsp3) is 0.552. The van der Waals surface area contributed by atoms with Gasteiger partial charge in [-0.15, -0.1) is 11.3 Å². The van der Waals surface area contributed by atoms with Crippen LogP contribution in [0, 0.1) is 19.8 Å². The van der Waals surface area contributed by atoms with Gasteiger partial charge in [0, 0.05) is 26.2 Å². The monoisotopic (exact) mass is 557 g/mol. The minimum absolute atomic E-state index is 0.0775. The van der Waals surface area contributed by atoms with E-state index in [1.165, 1.54) is 11.3 Å². The highest BCUT2D eigenvalue weighted by molar-refractivity contribution is 7.14. The van der Waals surface area contributed by atoms with Crippen LogP contribution < -0.4 is 9.47 Å². The van der Waals surface area contributed by atoms with Crippen LogP contribution in [0.1, 0.15) is 58.7 Å². The third-order valence-electron chi connectivity index (χ3n) is 7.09. The number of Topliss-reactive ketones (excluding diaryl/α,β-unsaturated/α-hetero) is 1. The van der Waals surface area contributed by atoms with Gasteiger partial charge in [0.1, 0.15) is 0 Å². The molecule has 9 nitrogen and oxygen atoms in total. The van der Waals surface area contributed by atoms with Gasteiger partial charge in [-0.1, -0.05) is 19.9 Å². The van der Waals surface area contributed by atoms with E-state index < -0.39 is 17.7 Å². The topological polar surface area (TPSA) is 101 Å². The Balaban J connectivity index is 1.65. The molecule has 10 heteroatoms. The number of morpholine rings is 1. The maximum absolute atomic E-state index is 13.8. The van der Waals surface area contributed by atoms with Crippen molar-refractivity contribution in [2.24, 2.45) is 5.92 Å². The Morgan fingerprint density at radius 1 is 1.21 bits per heavy atom. The van der Waals surface area contributed by atoms with E-state index in [4.69, 9.17) is 14.2 Å². The molecule has 212 valence electrons. The van der Waals surface area contributed by atoms with Gasteiger partial charge in [0.05, 0.1) is 54.1 Å². The number of hydrogen-bond acceptors (Lipinski definition) is 9. The van der Waals surface area contributed by atoms with Crippen LogP contribution in [-0.2, 0) is 9.53 Å². The summed E-state index contributed by atoms with van der Waals surface area (Å²) >= 11 is 1.27. The molecule has 3 heterocycles. The van der Waals surface area contributed by atoms with Gasteiger partial charge in [-0.05, 0) is 50.3 Å². The first-order valence-electron chi connectivity index (χ1n) is 13.5. The van der Waals surface area contributed by atoms with Crippen molar-refractivity contribution >= 4 is 23.0 Å². The third-order valence-corrected chi connectivity index (χ3v) is 8.16. The number of carbonyl (C=O) groups excluding carboxylic acids is 2. The first-order valence-corrected chi connectivity index (χ1v) is 14.4. The van der Waals surface area contributed by atoms with E-state index in [2.05, 4.69) is 23.7 Å². The quantitative estimate of drug-likeness (QED) is 0.381. The third kappa shape index (κ3) is 6.62. The maximum atomic E-state index is 13.8. The van der Waals surface area contributed by atoms with E-state index >= 15 is 0 Å². The molecule has 1 amide bonds. The zero-order chi connectivity index (χ0) is 28.1. The number of amides is 1. The predicted molar refractivity (Wildman–Crippen MR) is 150 cm³/mol. The van der Waals surface area contributed by atoms with Crippen LogP contribution >= 0.6 is 11.3 Å². The van der Waals surface area contributed by atoms with Crippen LogP contribution in [0.4, 0.5) is 0 Å². The number of aromatic nitrogens is 1. The predicted octanol–water partition coefficient (Wildman–Crippen LogP) is 4.49. The van der Waals surface area contributed by atoms with Crippen molar-refractivity contribution in [2.75, 3.05) is 53.1 Å². The molecule has 0 spiro atoms. The molecule has 0 aliphatic carbocycles. The van der Waals surface area contributed by atoms with Crippen LogP contribution in [0.15, 0.2) is 29.5 Å². The van der Waals surface area contributed by atoms with E-state index in [0.29, 0.717) is 66.3 Å². The van der Waals surface area contributed by atoms with Crippen molar-refractivity contribution in [3.8, 4) is 11.5 Å². The summed E-state index contributed by atoms with van der Waals surface area (Å²) in [5.74, 6) is 0.200. The normalized spacial score (nSPS) is 18.4. The molecule has 2 aromatic rings. The summed E-state index contributed by atoms with van der Waals surface area (Å²) < 4.78 is 17.0. The second-order valence-electron chi connectivity index (χ2n) is 10.4. The molecule has 0 bridgehead atoms. The Morgan fingerprint density at radius 3 is 2.59 bits per heavy atom. The molecule has 39 heavy (non-hydrogen) atoms. The molecule has 1 aromatic heterocycles. The molecule has 1 aromatic carbocycles. The number of ketones is 1. The van der Waals surface area contributed by atoms with Gasteiger partial charge in [0.15, 0.2) is 17.3 Å². The number of aliphatic hydroxyl groups excluding tert-OH is 1. The molecular weight excluding hydrogens is 518 g/mol. The number of aliphatic hydroxyl groups is 1. The lowest BCUT2D eigenvalue weighted by Gasteiger charge is -2.30. The second kappa shape index (κ2) is 12.9. The summed E-state index contributed by atoms with van der Waals surface area (Å²) in [6, 6.07) is 4.70. The van der Waals surface area contributed by atoms with E-state index in [-0.39, 0.29) is 11.4 Å². The Labute approximate surface area is 234 Å². The molecule has 4 rings (SSSR count). The summed E-state index contributed by atoms with van der Waals surface area (Å²) in [6.07, 6.45) is 1.60. The lowest BCUT2D eigenvalue weighted by molar-refractivity contribution is -0.129. The molecule has 0 saturated carbocycles. The smallest absolute Gasteiger partial charge is 0.290 e. The molecule has 1 saturated heterocycles. The highest BCUT2D eigenvalue weighted by Crippen LogP contribution is 2.42. The number of methoxy groups -OCH3 is 1. The molecule has 1 N–H and O–H groups in total. The number of ether oxygens (including phenoxy) is 3. The SMILES string of the molecule is COc1cc(C2C(C(=O)c3sc(C)nc3C)=C(O)C(=O)N2CCCN2CCOCC2)ccc1OCCC(C)C. The first kappa shape index (κ1) is 29.0. The maximum Gasteiger partial charge on any atom is 0.290 e. The molecule has 1 unspecified atom stereocenters. The van der Waals surface area contributed by atoms with Crippen LogP contribution in [0.5, 0.6) is 11.5 Å². The molecule has 2 aliphatic rings. The Morgan fingerprint density at radius 2 is 1.95 bits per heavy atom. The molecule has 2 aliphatic heterocycles. The minimum atomic E-state index is -0.755. The van der Waals surface area contributed by atoms with E-state index in [1.807, 2.05) is 19.1 Å². The van der Waals surface area contributed by atoms with Crippen molar-refractivity contribution in [1.29, 1.82) is 0 Å². The molecule has 1 fully saturated rings. The minimum Gasteiger partial charge on any atom is -0.503 e. The lowest BCUT2D eigenvalue weighted by atomic mass is 9.94. The number of hydrogen-bond donors (Lipinski definition) is 1. The van der Waals surface area contributed by atoms with Crippen molar-refractivity contribution < 1.29 is 28.9 Å². The number of rotatable bonds is 12. The molecular formula is C29H39N3O6S. The van der Waals surface area contributed by atoms with E-state index in [9.17, 15) is 14.7 Å². The van der Waals surface area contributed by atoms with Crippen LogP contribution in [-0.4, -0.2) is 84.7 Å². The van der Waals surface area contributed by atoms with Gasteiger partial charge >= 0.3 is 0 Å². The largest absolute Gasteiger partial charge is 0.503 e. The zero-order valence-electron chi connectivity index (χ0n) is 23.5. The van der Waals surface area contributed by atoms with Gasteiger partial charge in [-0.3, -0.25) is 14.5 Å². The van der Waals surface area contributed by atoms with Crippen LogP contribution in [0.25, 0.3) is 0 Å². The van der Waals surface area contributed by atoms with Gasteiger partial charge in [-0.2, -0.15) is 0 Å². The number of carbonyl (C=O) groups is 2. The standard InChI is InChI=1S/C29H39N3O6S/c1-18(2)9-14-38-22-8-7-21(17-23(22)36-5)25-24(26(33)28-19(3)30-20(4)39-28)27(34)29(35)32(25)11-6-10-31-12-15-37-16-13-31/h7-8,17-18,25,34H,6,9-16H2,1-5H3. The summed E-state index contributed by atoms with van der Waals surface area (Å²) in [5.41, 5.74) is 1.34. The first-order chi connectivity index (χ1) is 18.7. The average molecular weight is 558 g/mol. The Bertz CT molecular complexity index is 1220. The summed E-state index contributed by atoms with van der Waals surface area (Å²) in [6.45, 7) is 12.7. The zero-order valence-corrected chi connectivity index (χ0v) is 24.3. The highest BCUT2D eigenvalue weighted by atomic mass is 32.1. The van der Waals surface area contributed by atoms with E-state index in [0.717, 1.165) is 31.1 Å². The van der Waals surface area contributed by atoms with Crippen molar-refractivity contribution in [2.45, 2.75) is 46.6 Å². The van der Waals surface area contributed by atoms with Gasteiger partial charge < -0.3 is 24.2 Å². The van der Waals surface area contributed by atoms with Crippen molar-refractivity contribution in [3.05, 3.63) is 50.7 Å². The van der Waals surface area contributed by atoms with Gasteiger partial charge in [-0.25, -0.2) is 4.98 Å². The lowest BCUT2D eigenvalue weighted by Crippen LogP contribution is -2.39. The summed E-state index contributed by atoms with van der Waals surface area (Å²) in [5, 5.41) is 11.8. The Hall–Kier alpha value is -2.95. The fourth-order valence-corrected chi connectivity index (χ4v) is 5.87. The van der Waals surface area contributed by atoms with Crippen LogP contribution in [0.3, 0.4) is 0 Å².